The molecule has 21 heavy (non-hydrogen) atoms. The van der Waals surface area contributed by atoms with Gasteiger partial charge in [0, 0.05) is 11.0 Å². The lowest BCUT2D eigenvalue weighted by Crippen LogP contribution is -2.28. The molecule has 0 aliphatic rings. The Morgan fingerprint density at radius 3 is 2.57 bits per heavy atom. The number of aliphatic hydroxyl groups excluding tert-OH is 1. The molecule has 0 bridgehead atoms. The first kappa shape index (κ1) is 15.5. The highest BCUT2D eigenvalue weighted by Gasteiger charge is 2.03. The fourth-order valence-electron chi connectivity index (χ4n) is 1.77. The molecule has 110 valence electrons. The van der Waals surface area contributed by atoms with E-state index in [-0.39, 0.29) is 19.1 Å². The summed E-state index contributed by atoms with van der Waals surface area (Å²) in [6.45, 7) is 0.381. The van der Waals surface area contributed by atoms with Crippen LogP contribution < -0.4 is 10.1 Å². The van der Waals surface area contributed by atoms with E-state index in [0.29, 0.717) is 12.3 Å². The highest BCUT2D eigenvalue weighted by atomic mass is 79.9. The molecule has 2 aromatic rings. The van der Waals surface area contributed by atoms with Gasteiger partial charge in [0.05, 0.1) is 6.61 Å². The molecule has 0 aliphatic carbocycles. The number of amides is 1. The predicted octanol–water partition coefficient (Wildman–Crippen LogP) is 2.64. The number of hydrogen-bond donors (Lipinski definition) is 2. The van der Waals surface area contributed by atoms with Gasteiger partial charge in [0.15, 0.2) is 6.61 Å². The van der Waals surface area contributed by atoms with E-state index in [1.807, 2.05) is 36.4 Å². The van der Waals surface area contributed by atoms with Crippen LogP contribution in [0.2, 0.25) is 0 Å². The summed E-state index contributed by atoms with van der Waals surface area (Å²) in [5, 5.41) is 11.8. The molecule has 2 rings (SSSR count). The van der Waals surface area contributed by atoms with Gasteiger partial charge >= 0.3 is 0 Å². The first-order valence-corrected chi connectivity index (χ1v) is 7.30. The van der Waals surface area contributed by atoms with Crippen LogP contribution in [0, 0.1) is 0 Å². The average molecular weight is 350 g/mol. The standard InChI is InChI=1S/C16H16BrNO3/c17-14-4-6-15(7-5-14)21-11-16(20)18-9-12-2-1-3-13(8-12)10-19/h1-8,19H,9-11H2,(H,18,20). The molecule has 0 aromatic heterocycles. The minimum absolute atomic E-state index is 0.00549. The number of nitrogens with one attached hydrogen (secondary N) is 1. The van der Waals surface area contributed by atoms with E-state index in [9.17, 15) is 4.79 Å². The van der Waals surface area contributed by atoms with Gasteiger partial charge in [-0.2, -0.15) is 0 Å². The van der Waals surface area contributed by atoms with E-state index in [1.54, 1.807) is 12.1 Å². The zero-order valence-electron chi connectivity index (χ0n) is 11.4. The lowest BCUT2D eigenvalue weighted by atomic mass is 10.1. The van der Waals surface area contributed by atoms with Crippen LogP contribution in [0.15, 0.2) is 53.0 Å². The maximum Gasteiger partial charge on any atom is 0.258 e. The van der Waals surface area contributed by atoms with Crippen molar-refractivity contribution in [1.29, 1.82) is 0 Å². The van der Waals surface area contributed by atoms with Crippen LogP contribution in [0.25, 0.3) is 0 Å². The maximum absolute atomic E-state index is 11.7. The van der Waals surface area contributed by atoms with Gasteiger partial charge in [-0.05, 0) is 35.4 Å². The molecule has 1 amide bonds. The lowest BCUT2D eigenvalue weighted by Gasteiger charge is -2.08. The number of ether oxygens (including phenoxy) is 1. The van der Waals surface area contributed by atoms with Crippen LogP contribution in [0.3, 0.4) is 0 Å². The molecule has 5 heteroatoms. The summed E-state index contributed by atoms with van der Waals surface area (Å²) < 4.78 is 6.34. The number of aliphatic hydroxyl groups is 1. The highest BCUT2D eigenvalue weighted by Crippen LogP contribution is 2.15. The number of benzene rings is 2. The smallest absolute Gasteiger partial charge is 0.258 e. The minimum atomic E-state index is -0.188. The molecule has 0 unspecified atom stereocenters. The van der Waals surface area contributed by atoms with Crippen molar-refractivity contribution in [3.8, 4) is 5.75 Å². The van der Waals surface area contributed by atoms with Gasteiger partial charge in [0.2, 0.25) is 0 Å². The van der Waals surface area contributed by atoms with E-state index in [1.165, 1.54) is 0 Å². The Hall–Kier alpha value is -1.85. The van der Waals surface area contributed by atoms with E-state index < -0.39 is 0 Å². The third-order valence-electron chi connectivity index (χ3n) is 2.85. The van der Waals surface area contributed by atoms with Crippen molar-refractivity contribution in [2.45, 2.75) is 13.2 Å². The van der Waals surface area contributed by atoms with E-state index >= 15 is 0 Å². The zero-order valence-corrected chi connectivity index (χ0v) is 13.0. The monoisotopic (exact) mass is 349 g/mol. The molecule has 0 heterocycles. The topological polar surface area (TPSA) is 58.6 Å². The van der Waals surface area contributed by atoms with Crippen molar-refractivity contribution in [2.24, 2.45) is 0 Å². The third kappa shape index (κ3) is 5.21. The van der Waals surface area contributed by atoms with Crippen LogP contribution >= 0.6 is 15.9 Å². The second-order valence-corrected chi connectivity index (χ2v) is 5.41. The first-order chi connectivity index (χ1) is 10.2. The minimum Gasteiger partial charge on any atom is -0.484 e. The summed E-state index contributed by atoms with van der Waals surface area (Å²) in [7, 11) is 0. The second-order valence-electron chi connectivity index (χ2n) is 4.50. The van der Waals surface area contributed by atoms with Crippen LogP contribution in [0.5, 0.6) is 5.75 Å². The Balaban J connectivity index is 1.78. The van der Waals surface area contributed by atoms with Gasteiger partial charge in [0.25, 0.3) is 5.91 Å². The molecular formula is C16H16BrNO3. The largest absolute Gasteiger partial charge is 0.484 e. The fourth-order valence-corrected chi connectivity index (χ4v) is 2.03. The van der Waals surface area contributed by atoms with Crippen molar-refractivity contribution in [2.75, 3.05) is 6.61 Å². The average Bonchev–Trinajstić information content (AvgIpc) is 2.52. The molecule has 0 aliphatic heterocycles. The molecule has 0 saturated heterocycles. The van der Waals surface area contributed by atoms with Gasteiger partial charge in [-0.1, -0.05) is 40.2 Å². The first-order valence-electron chi connectivity index (χ1n) is 6.51. The Morgan fingerprint density at radius 2 is 1.86 bits per heavy atom. The molecular weight excluding hydrogens is 334 g/mol. The summed E-state index contributed by atoms with van der Waals surface area (Å²) in [6.07, 6.45) is 0. The van der Waals surface area contributed by atoms with Gasteiger partial charge in [-0.25, -0.2) is 0 Å². The van der Waals surface area contributed by atoms with Crippen molar-refractivity contribution < 1.29 is 14.6 Å². The van der Waals surface area contributed by atoms with Gasteiger partial charge < -0.3 is 15.2 Å². The summed E-state index contributed by atoms with van der Waals surface area (Å²) >= 11 is 3.34. The van der Waals surface area contributed by atoms with Crippen LogP contribution in [0.4, 0.5) is 0 Å². The van der Waals surface area contributed by atoms with E-state index in [0.717, 1.165) is 15.6 Å². The van der Waals surface area contributed by atoms with Crippen molar-refractivity contribution in [3.05, 3.63) is 64.1 Å². The van der Waals surface area contributed by atoms with Crippen LogP contribution in [-0.2, 0) is 17.9 Å². The molecule has 2 aromatic carbocycles. The maximum atomic E-state index is 11.7. The molecule has 0 spiro atoms. The zero-order chi connectivity index (χ0) is 15.1. The van der Waals surface area contributed by atoms with E-state index in [4.69, 9.17) is 9.84 Å². The molecule has 0 atom stereocenters. The summed E-state index contributed by atoms with van der Waals surface area (Å²) in [4.78, 5) is 11.7. The molecule has 2 N–H and O–H groups in total. The Labute approximate surface area is 131 Å². The number of halogens is 1. The Bertz CT molecular complexity index is 599. The van der Waals surface area contributed by atoms with E-state index in [2.05, 4.69) is 21.2 Å². The molecule has 4 nitrogen and oxygen atoms in total. The lowest BCUT2D eigenvalue weighted by molar-refractivity contribution is -0.123. The Morgan fingerprint density at radius 1 is 1.14 bits per heavy atom. The summed E-state index contributed by atoms with van der Waals surface area (Å²) in [6, 6.07) is 14.7. The predicted molar refractivity (Wildman–Crippen MR) is 83.8 cm³/mol. The highest BCUT2D eigenvalue weighted by molar-refractivity contribution is 9.10. The number of rotatable bonds is 6. The molecule has 0 radical (unpaired) electrons. The van der Waals surface area contributed by atoms with Crippen LogP contribution in [0.1, 0.15) is 11.1 Å². The summed E-state index contributed by atoms with van der Waals surface area (Å²) in [5.74, 6) is 0.461. The SMILES string of the molecule is O=C(COc1ccc(Br)cc1)NCc1cccc(CO)c1. The third-order valence-corrected chi connectivity index (χ3v) is 3.38. The molecule has 0 saturated carbocycles. The van der Waals surface area contributed by atoms with Crippen molar-refractivity contribution >= 4 is 21.8 Å². The second kappa shape index (κ2) is 7.81. The Kier molecular flexibility index (Phi) is 5.78. The number of carbonyl (C=O) groups is 1. The van der Waals surface area contributed by atoms with Gasteiger partial charge in [0.1, 0.15) is 5.75 Å². The number of hydrogen-bond acceptors (Lipinski definition) is 3. The normalized spacial score (nSPS) is 10.2. The summed E-state index contributed by atoms with van der Waals surface area (Å²) in [5.41, 5.74) is 1.77. The van der Waals surface area contributed by atoms with Crippen molar-refractivity contribution in [3.63, 3.8) is 0 Å². The quantitative estimate of drug-likeness (QED) is 0.842. The van der Waals surface area contributed by atoms with Crippen molar-refractivity contribution in [1.82, 2.24) is 5.32 Å². The van der Waals surface area contributed by atoms with Gasteiger partial charge in [-0.15, -0.1) is 0 Å². The molecule has 0 fully saturated rings. The fraction of sp³-hybridized carbons (Fsp3) is 0.188. The van der Waals surface area contributed by atoms with Crippen LogP contribution in [-0.4, -0.2) is 17.6 Å². The number of carbonyl (C=O) groups excluding carboxylic acids is 1. The van der Waals surface area contributed by atoms with Gasteiger partial charge in [-0.3, -0.25) is 4.79 Å².